The molecule has 0 atom stereocenters. The molecule has 0 saturated heterocycles. The zero-order chi connectivity index (χ0) is 31.3. The Balaban J connectivity index is 1.76. The van der Waals surface area contributed by atoms with Gasteiger partial charge in [-0.15, -0.1) is 0 Å². The van der Waals surface area contributed by atoms with Crippen LogP contribution in [0.4, 0.5) is 0 Å². The smallest absolute Gasteiger partial charge is 0.307 e. The van der Waals surface area contributed by atoms with E-state index in [9.17, 15) is 9.90 Å². The summed E-state index contributed by atoms with van der Waals surface area (Å²) in [6, 6.07) is 11.0. The molecule has 1 aliphatic carbocycles. The quantitative estimate of drug-likeness (QED) is 0.249. The van der Waals surface area contributed by atoms with Crippen LogP contribution in [0.3, 0.4) is 0 Å². The van der Waals surface area contributed by atoms with E-state index in [1.807, 2.05) is 49.4 Å². The molecule has 10 nitrogen and oxygen atoms in total. The minimum absolute atomic E-state index is 0.133. The molecule has 10 heteroatoms. The topological polar surface area (TPSA) is 111 Å². The Hall–Kier alpha value is -4.99. The van der Waals surface area contributed by atoms with Crippen LogP contribution in [-0.2, 0) is 11.4 Å². The van der Waals surface area contributed by atoms with Gasteiger partial charge in [0, 0.05) is 0 Å². The molecule has 3 aromatic carbocycles. The van der Waals surface area contributed by atoms with Gasteiger partial charge in [0.05, 0.1) is 56.2 Å². The normalized spacial score (nSPS) is 13.0. The Morgan fingerprint density at radius 2 is 1.14 bits per heavy atom. The van der Waals surface area contributed by atoms with Gasteiger partial charge in [-0.2, -0.15) is 0 Å². The fourth-order valence-electron chi connectivity index (χ4n) is 5.15. The number of ether oxygens (including phenoxy) is 8. The maximum absolute atomic E-state index is 11.7. The van der Waals surface area contributed by atoms with E-state index in [2.05, 4.69) is 0 Å². The number of carbonyl (C=O) groups is 1. The molecule has 43 heavy (non-hydrogen) atoms. The van der Waals surface area contributed by atoms with Gasteiger partial charge >= 0.3 is 5.97 Å². The number of allylic oxidation sites excluding steroid dienone is 2. The van der Waals surface area contributed by atoms with Crippen LogP contribution < -0.4 is 37.9 Å². The van der Waals surface area contributed by atoms with Crippen LogP contribution in [0.1, 0.15) is 35.6 Å². The van der Waals surface area contributed by atoms with Crippen molar-refractivity contribution in [2.24, 2.45) is 0 Å². The standard InChI is InChI=1S/C33H36O10/c1-18-21(23-14-25(36-2)26(37-3)15-24(23)22(18)16-31(34)35)9-19-10-29(40-6)33(30(11-19)41-7)43-17-20-12-27(38-4)32(42-8)28(13-20)39-5/h9-15H,16-17H2,1-8H3,(H,34,35)/b21-9-. The van der Waals surface area contributed by atoms with Crippen LogP contribution in [0.5, 0.6) is 46.0 Å². The number of fused-ring (bicyclic) bond motifs is 1. The second kappa shape index (κ2) is 13.3. The fraction of sp³-hybridized carbons (Fsp3) is 0.303. The van der Waals surface area contributed by atoms with Crippen molar-refractivity contribution >= 4 is 23.2 Å². The molecule has 0 spiro atoms. The van der Waals surface area contributed by atoms with Crippen molar-refractivity contribution in [2.45, 2.75) is 20.0 Å². The molecule has 0 heterocycles. The van der Waals surface area contributed by atoms with Gasteiger partial charge in [-0.05, 0) is 88.4 Å². The van der Waals surface area contributed by atoms with Crippen LogP contribution in [0.2, 0.25) is 0 Å². The van der Waals surface area contributed by atoms with E-state index in [-0.39, 0.29) is 13.0 Å². The largest absolute Gasteiger partial charge is 0.493 e. The summed E-state index contributed by atoms with van der Waals surface area (Å²) < 4.78 is 45.0. The summed E-state index contributed by atoms with van der Waals surface area (Å²) >= 11 is 0. The summed E-state index contributed by atoms with van der Waals surface area (Å²) in [7, 11) is 10.9. The predicted octanol–water partition coefficient (Wildman–Crippen LogP) is 6.13. The van der Waals surface area contributed by atoms with Gasteiger partial charge in [0.1, 0.15) is 6.61 Å². The highest BCUT2D eigenvalue weighted by Crippen LogP contribution is 2.49. The summed E-state index contributed by atoms with van der Waals surface area (Å²) in [5.74, 6) is 2.98. The summed E-state index contributed by atoms with van der Waals surface area (Å²) in [5, 5.41) is 9.63. The highest BCUT2D eigenvalue weighted by atomic mass is 16.5. The lowest BCUT2D eigenvalue weighted by atomic mass is 9.99. The lowest BCUT2D eigenvalue weighted by molar-refractivity contribution is -0.135. The molecule has 228 valence electrons. The summed E-state index contributed by atoms with van der Waals surface area (Å²) in [6.45, 7) is 2.08. The molecule has 4 rings (SSSR count). The average molecular weight is 593 g/mol. The molecular weight excluding hydrogens is 556 g/mol. The van der Waals surface area contributed by atoms with Crippen molar-refractivity contribution in [1.29, 1.82) is 0 Å². The van der Waals surface area contributed by atoms with Crippen molar-refractivity contribution in [3.63, 3.8) is 0 Å². The molecular formula is C33H36O10. The minimum atomic E-state index is -0.923. The highest BCUT2D eigenvalue weighted by molar-refractivity contribution is 6.08. The lowest BCUT2D eigenvalue weighted by Gasteiger charge is -2.17. The average Bonchev–Trinajstić information content (AvgIpc) is 3.26. The summed E-state index contributed by atoms with van der Waals surface area (Å²) in [4.78, 5) is 11.7. The second-order valence-electron chi connectivity index (χ2n) is 9.56. The first kappa shape index (κ1) is 31.0. The SMILES string of the molecule is COc1cc2c(cc1OC)/C(=C\c1cc(OC)c(OCc3cc(OC)c(OC)c(OC)c3)c(OC)c1)C(C)=C2CC(=O)O. The number of carboxylic acids is 1. The number of carboxylic acid groups (broad SMARTS) is 1. The predicted molar refractivity (Wildman–Crippen MR) is 162 cm³/mol. The van der Waals surface area contributed by atoms with Gasteiger partial charge in [0.25, 0.3) is 0 Å². The van der Waals surface area contributed by atoms with E-state index in [1.54, 1.807) is 49.8 Å². The number of hydrogen-bond acceptors (Lipinski definition) is 9. The minimum Gasteiger partial charge on any atom is -0.493 e. The van der Waals surface area contributed by atoms with Gasteiger partial charge in [-0.3, -0.25) is 4.79 Å². The Bertz CT molecular complexity index is 1530. The Morgan fingerprint density at radius 3 is 1.60 bits per heavy atom. The number of benzene rings is 3. The van der Waals surface area contributed by atoms with Crippen LogP contribution in [0.25, 0.3) is 17.2 Å². The Labute approximate surface area is 250 Å². The zero-order valence-corrected chi connectivity index (χ0v) is 25.6. The van der Waals surface area contributed by atoms with Crippen LogP contribution in [-0.4, -0.2) is 60.8 Å². The first-order valence-corrected chi connectivity index (χ1v) is 13.3. The van der Waals surface area contributed by atoms with E-state index < -0.39 is 5.97 Å². The molecule has 0 aliphatic heterocycles. The molecule has 0 bridgehead atoms. The van der Waals surface area contributed by atoms with E-state index in [0.29, 0.717) is 51.6 Å². The van der Waals surface area contributed by atoms with Gasteiger partial charge < -0.3 is 43.0 Å². The third-order valence-electron chi connectivity index (χ3n) is 7.23. The van der Waals surface area contributed by atoms with Gasteiger partial charge in [0.2, 0.25) is 11.5 Å². The first-order chi connectivity index (χ1) is 20.7. The van der Waals surface area contributed by atoms with E-state index in [4.69, 9.17) is 37.9 Å². The van der Waals surface area contributed by atoms with Crippen LogP contribution in [0.15, 0.2) is 42.0 Å². The van der Waals surface area contributed by atoms with Crippen LogP contribution >= 0.6 is 0 Å². The number of aliphatic carboxylic acids is 1. The second-order valence-corrected chi connectivity index (χ2v) is 9.56. The third kappa shape index (κ3) is 6.13. The summed E-state index contributed by atoms with van der Waals surface area (Å²) in [5.41, 5.74) is 5.57. The number of hydrogen-bond donors (Lipinski definition) is 1. The van der Waals surface area contributed by atoms with Crippen molar-refractivity contribution in [2.75, 3.05) is 49.8 Å². The molecule has 0 amide bonds. The third-order valence-corrected chi connectivity index (χ3v) is 7.23. The molecule has 3 aromatic rings. The number of rotatable bonds is 13. The Morgan fingerprint density at radius 1 is 0.651 bits per heavy atom. The molecule has 0 unspecified atom stereocenters. The first-order valence-electron chi connectivity index (χ1n) is 13.3. The fourth-order valence-corrected chi connectivity index (χ4v) is 5.15. The van der Waals surface area contributed by atoms with E-state index in [0.717, 1.165) is 33.4 Å². The molecule has 0 saturated carbocycles. The Kier molecular flexibility index (Phi) is 9.59. The zero-order valence-electron chi connectivity index (χ0n) is 25.6. The maximum atomic E-state index is 11.7. The van der Waals surface area contributed by atoms with Crippen molar-refractivity contribution in [3.05, 3.63) is 64.2 Å². The monoisotopic (exact) mass is 592 g/mol. The molecule has 1 aliphatic rings. The van der Waals surface area contributed by atoms with Crippen molar-refractivity contribution in [1.82, 2.24) is 0 Å². The van der Waals surface area contributed by atoms with Gasteiger partial charge in [-0.25, -0.2) is 0 Å². The van der Waals surface area contributed by atoms with Crippen LogP contribution in [0, 0.1) is 0 Å². The molecule has 0 aromatic heterocycles. The van der Waals surface area contributed by atoms with Crippen molar-refractivity contribution in [3.8, 4) is 46.0 Å². The summed E-state index contributed by atoms with van der Waals surface area (Å²) in [6.07, 6.45) is 1.83. The number of methoxy groups -OCH3 is 7. The molecule has 1 N–H and O–H groups in total. The van der Waals surface area contributed by atoms with E-state index >= 15 is 0 Å². The molecule has 0 fully saturated rings. The van der Waals surface area contributed by atoms with Crippen molar-refractivity contribution < 1.29 is 47.8 Å². The lowest BCUT2D eigenvalue weighted by Crippen LogP contribution is -2.03. The highest BCUT2D eigenvalue weighted by Gasteiger charge is 2.28. The van der Waals surface area contributed by atoms with Gasteiger partial charge in [-0.1, -0.05) is 0 Å². The van der Waals surface area contributed by atoms with E-state index in [1.165, 1.54) is 0 Å². The van der Waals surface area contributed by atoms with Gasteiger partial charge in [0.15, 0.2) is 34.5 Å². The molecule has 0 radical (unpaired) electrons. The maximum Gasteiger partial charge on any atom is 0.307 e.